The van der Waals surface area contributed by atoms with Crippen LogP contribution in [0.2, 0.25) is 5.02 Å². The lowest BCUT2D eigenvalue weighted by Gasteiger charge is -2.15. The highest BCUT2D eigenvalue weighted by Crippen LogP contribution is 2.32. The lowest BCUT2D eigenvalue weighted by Crippen LogP contribution is -2.21. The van der Waals surface area contributed by atoms with Crippen LogP contribution in [0.25, 0.3) is 16.5 Å². The van der Waals surface area contributed by atoms with E-state index in [0.717, 1.165) is 54.5 Å². The maximum atomic E-state index is 6.30. The van der Waals surface area contributed by atoms with Crippen molar-refractivity contribution in [2.24, 2.45) is 0 Å². The number of likely N-dealkylation sites (N-methyl/N-ethyl adjacent to an activating group) is 1. The predicted molar refractivity (Wildman–Crippen MR) is 108 cm³/mol. The average Bonchev–Trinajstić information content (AvgIpc) is 2.76. The predicted octanol–water partition coefficient (Wildman–Crippen LogP) is 4.14. The number of hydrogen-bond donors (Lipinski definition) is 0. The normalized spacial score (nSPS) is 15.0. The van der Waals surface area contributed by atoms with E-state index in [1.165, 1.54) is 22.2 Å². The van der Waals surface area contributed by atoms with Crippen LogP contribution in [0, 0.1) is 6.92 Å². The lowest BCUT2D eigenvalue weighted by atomic mass is 10.1. The van der Waals surface area contributed by atoms with Gasteiger partial charge >= 0.3 is 0 Å². The number of rotatable bonds is 3. The Balaban J connectivity index is 1.79. The summed E-state index contributed by atoms with van der Waals surface area (Å²) in [6.45, 7) is 9.08. The van der Waals surface area contributed by atoms with Crippen LogP contribution in [0.1, 0.15) is 22.6 Å². The lowest BCUT2D eigenvalue weighted by molar-refractivity contribution is 0.351. The number of aromatic nitrogens is 3. The first kappa shape index (κ1) is 17.3. The van der Waals surface area contributed by atoms with Crippen molar-refractivity contribution in [3.8, 4) is 0 Å². The highest BCUT2D eigenvalue weighted by Gasteiger charge is 2.21. The van der Waals surface area contributed by atoms with Gasteiger partial charge in [-0.25, -0.2) is 9.97 Å². The maximum absolute atomic E-state index is 6.30. The number of benzene rings is 1. The molecule has 0 radical (unpaired) electrons. The van der Waals surface area contributed by atoms with E-state index in [1.807, 2.05) is 25.4 Å². The second kappa shape index (κ2) is 6.86. The van der Waals surface area contributed by atoms with Gasteiger partial charge in [0.1, 0.15) is 5.82 Å². The zero-order valence-corrected chi connectivity index (χ0v) is 16.1. The first-order chi connectivity index (χ1) is 12.5. The molecule has 134 valence electrons. The van der Waals surface area contributed by atoms with E-state index in [2.05, 4.69) is 45.2 Å². The molecule has 0 bridgehead atoms. The van der Waals surface area contributed by atoms with Gasteiger partial charge in [-0.3, -0.25) is 0 Å². The number of nitrogens with zero attached hydrogens (tertiary/aromatic N) is 4. The van der Waals surface area contributed by atoms with E-state index < -0.39 is 0 Å². The van der Waals surface area contributed by atoms with Gasteiger partial charge in [0.05, 0.1) is 0 Å². The van der Waals surface area contributed by atoms with Crippen molar-refractivity contribution in [2.45, 2.75) is 26.3 Å². The first-order valence-electron chi connectivity index (χ1n) is 8.98. The molecule has 26 heavy (non-hydrogen) atoms. The van der Waals surface area contributed by atoms with Crippen LogP contribution < -0.4 is 0 Å². The molecule has 3 aromatic rings. The molecule has 1 aliphatic rings. The summed E-state index contributed by atoms with van der Waals surface area (Å²) < 4.78 is 2.41. The fraction of sp³-hybridized carbons (Fsp3) is 0.333. The topological polar surface area (TPSA) is 34.0 Å². The molecule has 0 fully saturated rings. The standard InChI is InChI=1S/C21H23ClN4/c1-14(16-11-23-15(2)24-12-16)13-26-20-5-4-17(22)10-19(20)18-6-8-25(3)9-7-21(18)26/h4-5,10-12H,1,6-9,13H2,2-3H3. The summed E-state index contributed by atoms with van der Waals surface area (Å²) in [6, 6.07) is 6.22. The molecule has 0 aliphatic carbocycles. The first-order valence-corrected chi connectivity index (χ1v) is 9.35. The van der Waals surface area contributed by atoms with Crippen molar-refractivity contribution in [1.82, 2.24) is 19.4 Å². The van der Waals surface area contributed by atoms with Gasteiger partial charge in [0.15, 0.2) is 0 Å². The zero-order chi connectivity index (χ0) is 18.3. The molecule has 5 heteroatoms. The Morgan fingerprint density at radius 2 is 1.92 bits per heavy atom. The molecule has 0 amide bonds. The Morgan fingerprint density at radius 3 is 2.69 bits per heavy atom. The van der Waals surface area contributed by atoms with Gasteiger partial charge < -0.3 is 9.47 Å². The van der Waals surface area contributed by atoms with E-state index in [0.29, 0.717) is 0 Å². The zero-order valence-electron chi connectivity index (χ0n) is 15.3. The van der Waals surface area contributed by atoms with Crippen LogP contribution in [0.5, 0.6) is 0 Å². The molecule has 0 unspecified atom stereocenters. The summed E-state index contributed by atoms with van der Waals surface area (Å²) in [6.07, 6.45) is 5.81. The van der Waals surface area contributed by atoms with Crippen LogP contribution >= 0.6 is 11.6 Å². The Kier molecular flexibility index (Phi) is 4.55. The van der Waals surface area contributed by atoms with Crippen LogP contribution in [0.15, 0.2) is 37.2 Å². The van der Waals surface area contributed by atoms with Gasteiger partial charge in [0, 0.05) is 65.6 Å². The van der Waals surface area contributed by atoms with Crippen molar-refractivity contribution in [3.05, 3.63) is 64.8 Å². The van der Waals surface area contributed by atoms with Crippen LogP contribution in [0.3, 0.4) is 0 Å². The van der Waals surface area contributed by atoms with Crippen molar-refractivity contribution in [2.75, 3.05) is 20.1 Å². The SMILES string of the molecule is C=C(Cn1c2c(c3cc(Cl)ccc31)CCN(C)CC2)c1cnc(C)nc1. The highest BCUT2D eigenvalue weighted by atomic mass is 35.5. The summed E-state index contributed by atoms with van der Waals surface area (Å²) in [5, 5.41) is 2.07. The van der Waals surface area contributed by atoms with Gasteiger partial charge in [0.2, 0.25) is 0 Å². The molecule has 0 saturated carbocycles. The number of fused-ring (bicyclic) bond motifs is 3. The molecule has 3 heterocycles. The van der Waals surface area contributed by atoms with Gasteiger partial charge in [0.25, 0.3) is 0 Å². The molecule has 0 saturated heterocycles. The van der Waals surface area contributed by atoms with E-state index >= 15 is 0 Å². The number of halogens is 1. The van der Waals surface area contributed by atoms with Crippen LogP contribution in [-0.2, 0) is 19.4 Å². The Bertz CT molecular complexity index is 972. The van der Waals surface area contributed by atoms with Crippen molar-refractivity contribution in [3.63, 3.8) is 0 Å². The van der Waals surface area contributed by atoms with Gasteiger partial charge in [-0.05, 0) is 49.7 Å². The Labute approximate surface area is 159 Å². The summed E-state index contributed by atoms with van der Waals surface area (Å²) in [4.78, 5) is 11.0. The monoisotopic (exact) mass is 366 g/mol. The van der Waals surface area contributed by atoms with Crippen molar-refractivity contribution in [1.29, 1.82) is 0 Å². The Morgan fingerprint density at radius 1 is 1.19 bits per heavy atom. The molecular weight excluding hydrogens is 344 g/mol. The van der Waals surface area contributed by atoms with Crippen LogP contribution in [-0.4, -0.2) is 39.6 Å². The van der Waals surface area contributed by atoms with Gasteiger partial charge in [-0.15, -0.1) is 0 Å². The number of allylic oxidation sites excluding steroid dienone is 1. The second-order valence-electron chi connectivity index (χ2n) is 7.10. The van der Waals surface area contributed by atoms with Crippen molar-refractivity contribution >= 4 is 28.1 Å². The molecule has 4 nitrogen and oxygen atoms in total. The minimum Gasteiger partial charge on any atom is -0.340 e. The Hall–Kier alpha value is -2.17. The third kappa shape index (κ3) is 3.15. The fourth-order valence-corrected chi connectivity index (χ4v) is 3.94. The summed E-state index contributed by atoms with van der Waals surface area (Å²) in [5.74, 6) is 0.777. The molecule has 1 aromatic carbocycles. The van der Waals surface area contributed by atoms with Gasteiger partial charge in [-0.2, -0.15) is 0 Å². The fourth-order valence-electron chi connectivity index (χ4n) is 3.76. The maximum Gasteiger partial charge on any atom is 0.125 e. The molecule has 1 aliphatic heterocycles. The third-order valence-corrected chi connectivity index (χ3v) is 5.50. The minimum atomic E-state index is 0.740. The molecule has 0 N–H and O–H groups in total. The largest absolute Gasteiger partial charge is 0.340 e. The third-order valence-electron chi connectivity index (χ3n) is 5.26. The van der Waals surface area contributed by atoms with E-state index in [4.69, 9.17) is 11.6 Å². The number of aryl methyl sites for hydroxylation is 1. The smallest absolute Gasteiger partial charge is 0.125 e. The molecular formula is C21H23ClN4. The summed E-state index contributed by atoms with van der Waals surface area (Å²) in [7, 11) is 2.19. The highest BCUT2D eigenvalue weighted by molar-refractivity contribution is 6.31. The molecule has 0 spiro atoms. The quantitative estimate of drug-likeness (QED) is 0.698. The van der Waals surface area contributed by atoms with Crippen LogP contribution in [0.4, 0.5) is 0 Å². The van der Waals surface area contributed by atoms with E-state index in [9.17, 15) is 0 Å². The second-order valence-corrected chi connectivity index (χ2v) is 7.54. The minimum absolute atomic E-state index is 0.740. The average molecular weight is 367 g/mol. The summed E-state index contributed by atoms with van der Waals surface area (Å²) >= 11 is 6.30. The van der Waals surface area contributed by atoms with Gasteiger partial charge in [-0.1, -0.05) is 18.2 Å². The molecule has 2 aromatic heterocycles. The van der Waals surface area contributed by atoms with Crippen molar-refractivity contribution < 1.29 is 0 Å². The van der Waals surface area contributed by atoms with E-state index in [1.54, 1.807) is 0 Å². The summed E-state index contributed by atoms with van der Waals surface area (Å²) in [5.41, 5.74) is 6.09. The molecule has 4 rings (SSSR count). The molecule has 0 atom stereocenters. The number of hydrogen-bond acceptors (Lipinski definition) is 3. The van der Waals surface area contributed by atoms with E-state index in [-0.39, 0.29) is 0 Å².